The van der Waals surface area contributed by atoms with Crippen LogP contribution < -0.4 is 5.32 Å². The highest BCUT2D eigenvalue weighted by Crippen LogP contribution is 2.30. The van der Waals surface area contributed by atoms with Gasteiger partial charge in [0.1, 0.15) is 6.33 Å². The molecule has 1 aliphatic rings. The van der Waals surface area contributed by atoms with E-state index in [4.69, 9.17) is 4.98 Å². The number of hydrogen-bond donors (Lipinski definition) is 1. The van der Waals surface area contributed by atoms with Gasteiger partial charge in [-0.15, -0.1) is 0 Å². The molecule has 0 radical (unpaired) electrons. The fraction of sp³-hybridized carbons (Fsp3) is 0.364. The summed E-state index contributed by atoms with van der Waals surface area (Å²) in [5.74, 6) is 0.664. The zero-order valence-electron chi connectivity index (χ0n) is 16.5. The van der Waals surface area contributed by atoms with Gasteiger partial charge in [-0.25, -0.2) is 19.9 Å². The Morgan fingerprint density at radius 2 is 1.86 bits per heavy atom. The molecule has 4 rings (SSSR count). The van der Waals surface area contributed by atoms with Crippen molar-refractivity contribution in [1.29, 1.82) is 0 Å². The molecule has 0 saturated carbocycles. The van der Waals surface area contributed by atoms with Crippen molar-refractivity contribution in [2.24, 2.45) is 0 Å². The third kappa shape index (κ3) is 4.17. The number of rotatable bonds is 6. The van der Waals surface area contributed by atoms with Gasteiger partial charge in [-0.2, -0.15) is 0 Å². The molecule has 6 nitrogen and oxygen atoms in total. The Morgan fingerprint density at radius 1 is 1.07 bits per heavy atom. The summed E-state index contributed by atoms with van der Waals surface area (Å²) in [4.78, 5) is 20.1. The molecule has 0 spiro atoms. The lowest BCUT2D eigenvalue weighted by molar-refractivity contribution is 0.301. The highest BCUT2D eigenvalue weighted by atomic mass is 15.2. The SMILES string of the molecule is Cc1ccc(-c2nc(NCC[C@@H]3CCCN3C)ncc2-c2cncnc2)cc1. The van der Waals surface area contributed by atoms with Crippen LogP contribution in [0.1, 0.15) is 24.8 Å². The summed E-state index contributed by atoms with van der Waals surface area (Å²) in [7, 11) is 2.21. The van der Waals surface area contributed by atoms with Crippen molar-refractivity contribution in [2.75, 3.05) is 25.5 Å². The Labute approximate surface area is 166 Å². The number of aromatic nitrogens is 4. The first kappa shape index (κ1) is 18.5. The predicted octanol–water partition coefficient (Wildman–Crippen LogP) is 3.81. The van der Waals surface area contributed by atoms with E-state index >= 15 is 0 Å². The first-order valence-corrected chi connectivity index (χ1v) is 9.84. The number of nitrogens with zero attached hydrogens (tertiary/aromatic N) is 5. The van der Waals surface area contributed by atoms with Crippen molar-refractivity contribution in [3.8, 4) is 22.4 Å². The van der Waals surface area contributed by atoms with Gasteiger partial charge in [0.15, 0.2) is 0 Å². The minimum absolute atomic E-state index is 0.657. The maximum absolute atomic E-state index is 4.84. The van der Waals surface area contributed by atoms with Crippen LogP contribution >= 0.6 is 0 Å². The summed E-state index contributed by atoms with van der Waals surface area (Å²) in [5.41, 5.74) is 5.03. The Morgan fingerprint density at radius 3 is 2.57 bits per heavy atom. The molecule has 0 aliphatic carbocycles. The summed E-state index contributed by atoms with van der Waals surface area (Å²) in [6, 6.07) is 9.06. The Bertz CT molecular complexity index is 910. The molecule has 1 aliphatic heterocycles. The molecule has 3 heterocycles. The van der Waals surface area contributed by atoms with Gasteiger partial charge in [0, 0.05) is 47.9 Å². The van der Waals surface area contributed by atoms with E-state index in [0.29, 0.717) is 12.0 Å². The normalized spacial score (nSPS) is 17.0. The molecule has 1 saturated heterocycles. The zero-order chi connectivity index (χ0) is 19.3. The van der Waals surface area contributed by atoms with Crippen molar-refractivity contribution >= 4 is 5.95 Å². The van der Waals surface area contributed by atoms with Gasteiger partial charge < -0.3 is 10.2 Å². The van der Waals surface area contributed by atoms with Gasteiger partial charge in [-0.1, -0.05) is 29.8 Å². The van der Waals surface area contributed by atoms with Gasteiger partial charge in [0.25, 0.3) is 0 Å². The van der Waals surface area contributed by atoms with Crippen LogP contribution in [0, 0.1) is 6.92 Å². The maximum atomic E-state index is 4.84. The van der Waals surface area contributed by atoms with E-state index in [1.807, 2.05) is 6.20 Å². The molecule has 1 atom stereocenters. The molecule has 144 valence electrons. The van der Waals surface area contributed by atoms with Crippen molar-refractivity contribution in [1.82, 2.24) is 24.8 Å². The number of benzene rings is 1. The summed E-state index contributed by atoms with van der Waals surface area (Å²) >= 11 is 0. The van der Waals surface area contributed by atoms with Gasteiger partial charge >= 0.3 is 0 Å². The van der Waals surface area contributed by atoms with Crippen molar-refractivity contribution in [3.63, 3.8) is 0 Å². The quantitative estimate of drug-likeness (QED) is 0.708. The molecule has 0 amide bonds. The topological polar surface area (TPSA) is 66.8 Å². The lowest BCUT2D eigenvalue weighted by atomic mass is 10.0. The van der Waals surface area contributed by atoms with Crippen molar-refractivity contribution in [3.05, 3.63) is 54.7 Å². The van der Waals surface area contributed by atoms with Gasteiger partial charge in [0.2, 0.25) is 5.95 Å². The number of anilines is 1. The van der Waals surface area contributed by atoms with E-state index in [-0.39, 0.29) is 0 Å². The minimum atomic E-state index is 0.657. The van der Waals surface area contributed by atoms with Crippen molar-refractivity contribution < 1.29 is 0 Å². The fourth-order valence-corrected chi connectivity index (χ4v) is 3.74. The third-order valence-corrected chi connectivity index (χ3v) is 5.42. The summed E-state index contributed by atoms with van der Waals surface area (Å²) in [5, 5.41) is 3.41. The molecule has 1 N–H and O–H groups in total. The van der Waals surface area contributed by atoms with E-state index < -0.39 is 0 Å². The smallest absolute Gasteiger partial charge is 0.223 e. The predicted molar refractivity (Wildman–Crippen MR) is 112 cm³/mol. The Kier molecular flexibility index (Phi) is 5.58. The number of likely N-dealkylation sites (tertiary alicyclic amines) is 1. The van der Waals surface area contributed by atoms with E-state index in [0.717, 1.165) is 35.3 Å². The average Bonchev–Trinajstić information content (AvgIpc) is 3.14. The van der Waals surface area contributed by atoms with E-state index in [2.05, 4.69) is 63.4 Å². The van der Waals surface area contributed by atoms with Crippen LogP contribution in [-0.2, 0) is 0 Å². The number of hydrogen-bond acceptors (Lipinski definition) is 6. The second-order valence-corrected chi connectivity index (χ2v) is 7.44. The van der Waals surface area contributed by atoms with Crippen LogP contribution in [-0.4, -0.2) is 51.0 Å². The maximum Gasteiger partial charge on any atom is 0.223 e. The number of nitrogens with one attached hydrogen (secondary N) is 1. The molecular weight excluding hydrogens is 348 g/mol. The fourth-order valence-electron chi connectivity index (χ4n) is 3.74. The molecular formula is C22H26N6. The van der Waals surface area contributed by atoms with E-state index in [1.165, 1.54) is 31.3 Å². The van der Waals surface area contributed by atoms with Gasteiger partial charge in [-0.05, 0) is 39.8 Å². The molecule has 1 fully saturated rings. The van der Waals surface area contributed by atoms with E-state index in [9.17, 15) is 0 Å². The van der Waals surface area contributed by atoms with Gasteiger partial charge in [-0.3, -0.25) is 0 Å². The van der Waals surface area contributed by atoms with Crippen LogP contribution in [0.3, 0.4) is 0 Å². The molecule has 2 aromatic heterocycles. The molecule has 3 aromatic rings. The average molecular weight is 374 g/mol. The summed E-state index contributed by atoms with van der Waals surface area (Å²) in [6.45, 7) is 4.16. The lowest BCUT2D eigenvalue weighted by Crippen LogP contribution is -2.27. The van der Waals surface area contributed by atoms with Crippen molar-refractivity contribution in [2.45, 2.75) is 32.2 Å². The van der Waals surface area contributed by atoms with Gasteiger partial charge in [0.05, 0.1) is 5.69 Å². The Balaban J connectivity index is 1.59. The molecule has 0 bridgehead atoms. The zero-order valence-corrected chi connectivity index (χ0v) is 16.5. The van der Waals surface area contributed by atoms with Crippen LogP contribution in [0.4, 0.5) is 5.95 Å². The van der Waals surface area contributed by atoms with Crippen LogP contribution in [0.5, 0.6) is 0 Å². The summed E-state index contributed by atoms with van der Waals surface area (Å²) < 4.78 is 0. The standard InChI is InChI=1S/C22H26N6/c1-16-5-7-17(8-6-16)21-20(18-12-23-15-24-13-18)14-26-22(27-21)25-10-9-19-4-3-11-28(19)2/h5-8,12-15,19H,3-4,9-11H2,1-2H3,(H,25,26,27)/t19-/m0/s1. The summed E-state index contributed by atoms with van der Waals surface area (Å²) in [6.07, 6.45) is 10.7. The molecule has 0 unspecified atom stereocenters. The van der Waals surface area contributed by atoms with Crippen LogP contribution in [0.2, 0.25) is 0 Å². The van der Waals surface area contributed by atoms with Crippen LogP contribution in [0.15, 0.2) is 49.2 Å². The minimum Gasteiger partial charge on any atom is -0.354 e. The first-order chi connectivity index (χ1) is 13.7. The highest BCUT2D eigenvalue weighted by Gasteiger charge is 2.20. The molecule has 6 heteroatoms. The number of aryl methyl sites for hydroxylation is 1. The first-order valence-electron chi connectivity index (χ1n) is 9.84. The molecule has 28 heavy (non-hydrogen) atoms. The largest absolute Gasteiger partial charge is 0.354 e. The monoisotopic (exact) mass is 374 g/mol. The van der Waals surface area contributed by atoms with E-state index in [1.54, 1.807) is 12.4 Å². The highest BCUT2D eigenvalue weighted by molar-refractivity contribution is 5.80. The van der Waals surface area contributed by atoms with Crippen LogP contribution in [0.25, 0.3) is 22.4 Å². The Hall–Kier alpha value is -2.86. The second kappa shape index (κ2) is 8.44. The second-order valence-electron chi connectivity index (χ2n) is 7.44. The third-order valence-electron chi connectivity index (χ3n) is 5.42. The lowest BCUT2D eigenvalue weighted by Gasteiger charge is -2.19. The molecule has 1 aromatic carbocycles.